The zero-order chi connectivity index (χ0) is 20.8. The molecule has 0 aliphatic heterocycles. The van der Waals surface area contributed by atoms with Gasteiger partial charge >= 0.3 is 0 Å². The first kappa shape index (κ1) is 18.2. The zero-order valence-corrected chi connectivity index (χ0v) is 16.3. The van der Waals surface area contributed by atoms with Crippen molar-refractivity contribution in [3.63, 3.8) is 0 Å². The zero-order valence-electron chi connectivity index (χ0n) is 16.3. The van der Waals surface area contributed by atoms with Gasteiger partial charge in [-0.2, -0.15) is 5.26 Å². The molecule has 0 unspecified atom stereocenters. The Labute approximate surface area is 172 Å². The highest BCUT2D eigenvalue weighted by Crippen LogP contribution is 2.38. The Balaban J connectivity index is 1.64. The number of aromatic amines is 1. The van der Waals surface area contributed by atoms with Crippen LogP contribution in [0, 0.1) is 17.2 Å². The lowest BCUT2D eigenvalue weighted by Gasteiger charge is -2.25. The number of para-hydroxylation sites is 1. The summed E-state index contributed by atoms with van der Waals surface area (Å²) in [4.78, 5) is 24.1. The number of benzene rings is 1. The lowest BCUT2D eigenvalue weighted by molar-refractivity contribution is -0.122. The quantitative estimate of drug-likeness (QED) is 0.486. The van der Waals surface area contributed by atoms with Gasteiger partial charge in [-0.05, 0) is 37.8 Å². The number of nitrogens with two attached hydrogens (primary N) is 2. The maximum absolute atomic E-state index is 11.5. The normalized spacial score (nSPS) is 19.2. The molecule has 1 aliphatic rings. The van der Waals surface area contributed by atoms with Crippen LogP contribution in [0.5, 0.6) is 0 Å². The third-order valence-corrected chi connectivity index (χ3v) is 6.14. The van der Waals surface area contributed by atoms with Crippen molar-refractivity contribution >= 4 is 28.1 Å². The van der Waals surface area contributed by atoms with Gasteiger partial charge in [0.15, 0.2) is 0 Å². The van der Waals surface area contributed by atoms with E-state index in [2.05, 4.69) is 16.0 Å². The molecule has 150 valence electrons. The van der Waals surface area contributed by atoms with E-state index in [1.54, 1.807) is 12.3 Å². The molecule has 0 spiro atoms. The van der Waals surface area contributed by atoms with Crippen LogP contribution < -0.4 is 11.5 Å². The molecule has 1 aliphatic carbocycles. The Morgan fingerprint density at radius 3 is 2.80 bits per heavy atom. The van der Waals surface area contributed by atoms with Gasteiger partial charge in [0, 0.05) is 29.6 Å². The van der Waals surface area contributed by atoms with E-state index in [-0.39, 0.29) is 17.7 Å². The number of aromatic nitrogens is 4. The fourth-order valence-electron chi connectivity index (χ4n) is 4.58. The summed E-state index contributed by atoms with van der Waals surface area (Å²) in [6, 6.07) is 9.81. The molecule has 0 radical (unpaired) electrons. The molecule has 5 N–H and O–H groups in total. The standard InChI is InChI=1S/C22H21N7O/c23-11-15-3-1-2-14-10-16(27-17(14)15)18-19-20(24)26-8-9-29(19)22(28-18)13-6-4-12(5-7-13)21(25)30/h1-3,8-10,12-13,27H,4-7H2,(H2,24,26)(H2,25,30). The number of anilines is 1. The van der Waals surface area contributed by atoms with Crippen LogP contribution in [-0.2, 0) is 4.79 Å². The van der Waals surface area contributed by atoms with E-state index < -0.39 is 0 Å². The fraction of sp³-hybridized carbons (Fsp3) is 0.273. The number of primary amides is 1. The van der Waals surface area contributed by atoms with Gasteiger partial charge in [0.2, 0.25) is 5.91 Å². The van der Waals surface area contributed by atoms with E-state index in [0.717, 1.165) is 53.6 Å². The number of nitrogen functional groups attached to an aromatic ring is 1. The van der Waals surface area contributed by atoms with Crippen molar-refractivity contribution in [1.82, 2.24) is 19.4 Å². The van der Waals surface area contributed by atoms with E-state index in [1.807, 2.05) is 28.8 Å². The average Bonchev–Trinajstić information content (AvgIpc) is 3.36. The van der Waals surface area contributed by atoms with Crippen molar-refractivity contribution in [2.75, 3.05) is 5.73 Å². The number of fused-ring (bicyclic) bond motifs is 2. The van der Waals surface area contributed by atoms with Crippen molar-refractivity contribution in [3.8, 4) is 17.5 Å². The van der Waals surface area contributed by atoms with Gasteiger partial charge in [-0.25, -0.2) is 9.97 Å². The number of nitrogens with zero attached hydrogens (tertiary/aromatic N) is 4. The van der Waals surface area contributed by atoms with Crippen LogP contribution in [0.4, 0.5) is 5.82 Å². The number of hydrogen-bond donors (Lipinski definition) is 3. The number of imidazole rings is 1. The van der Waals surface area contributed by atoms with E-state index in [4.69, 9.17) is 16.5 Å². The molecule has 0 saturated heterocycles. The summed E-state index contributed by atoms with van der Waals surface area (Å²) in [5.74, 6) is 1.24. The van der Waals surface area contributed by atoms with Gasteiger partial charge < -0.3 is 16.5 Å². The second-order valence-electron chi connectivity index (χ2n) is 7.87. The first-order valence-electron chi connectivity index (χ1n) is 10.0. The minimum Gasteiger partial charge on any atom is -0.382 e. The van der Waals surface area contributed by atoms with Gasteiger partial charge in [0.25, 0.3) is 0 Å². The number of rotatable bonds is 3. The predicted molar refractivity (Wildman–Crippen MR) is 113 cm³/mol. The molecule has 1 fully saturated rings. The van der Waals surface area contributed by atoms with Crippen LogP contribution in [0.25, 0.3) is 27.8 Å². The summed E-state index contributed by atoms with van der Waals surface area (Å²) in [6.45, 7) is 0. The van der Waals surface area contributed by atoms with Crippen LogP contribution >= 0.6 is 0 Å². The lowest BCUT2D eigenvalue weighted by Crippen LogP contribution is -2.27. The molecule has 8 nitrogen and oxygen atoms in total. The largest absolute Gasteiger partial charge is 0.382 e. The molecule has 0 atom stereocenters. The van der Waals surface area contributed by atoms with E-state index >= 15 is 0 Å². The fourth-order valence-corrected chi connectivity index (χ4v) is 4.58. The Kier molecular flexibility index (Phi) is 4.17. The van der Waals surface area contributed by atoms with Crippen LogP contribution in [0.2, 0.25) is 0 Å². The van der Waals surface area contributed by atoms with E-state index in [9.17, 15) is 10.1 Å². The summed E-state index contributed by atoms with van der Waals surface area (Å²) in [6.07, 6.45) is 6.77. The molecular formula is C22H21N7O. The number of hydrogen-bond acceptors (Lipinski definition) is 5. The van der Waals surface area contributed by atoms with Crippen LogP contribution in [0.3, 0.4) is 0 Å². The van der Waals surface area contributed by atoms with Crippen molar-refractivity contribution < 1.29 is 4.79 Å². The Morgan fingerprint density at radius 1 is 1.27 bits per heavy atom. The molecule has 3 heterocycles. The molecule has 1 saturated carbocycles. The topological polar surface area (TPSA) is 139 Å². The number of carbonyl (C=O) groups is 1. The molecular weight excluding hydrogens is 378 g/mol. The molecule has 1 aromatic carbocycles. The average molecular weight is 399 g/mol. The van der Waals surface area contributed by atoms with Crippen LogP contribution in [0.1, 0.15) is 43.0 Å². The highest BCUT2D eigenvalue weighted by atomic mass is 16.1. The molecule has 5 rings (SSSR count). The SMILES string of the molecule is N#Cc1cccc2cc(-c3nc(C4CCC(C(N)=O)CC4)n4ccnc(N)c34)[nH]c12. The van der Waals surface area contributed by atoms with Crippen molar-refractivity contribution in [3.05, 3.63) is 48.0 Å². The first-order valence-corrected chi connectivity index (χ1v) is 10.0. The third-order valence-electron chi connectivity index (χ3n) is 6.14. The Morgan fingerprint density at radius 2 is 2.07 bits per heavy atom. The highest BCUT2D eigenvalue weighted by Gasteiger charge is 2.29. The predicted octanol–water partition coefficient (Wildman–Crippen LogP) is 3.09. The molecule has 8 heteroatoms. The monoisotopic (exact) mass is 399 g/mol. The number of H-pyrrole nitrogens is 1. The van der Waals surface area contributed by atoms with Gasteiger partial charge in [0.1, 0.15) is 28.9 Å². The second-order valence-corrected chi connectivity index (χ2v) is 7.87. The van der Waals surface area contributed by atoms with E-state index in [0.29, 0.717) is 17.1 Å². The summed E-state index contributed by atoms with van der Waals surface area (Å²) in [5, 5.41) is 10.4. The summed E-state index contributed by atoms with van der Waals surface area (Å²) >= 11 is 0. The maximum atomic E-state index is 11.5. The molecule has 30 heavy (non-hydrogen) atoms. The lowest BCUT2D eigenvalue weighted by atomic mass is 9.81. The number of nitrogens with one attached hydrogen (secondary N) is 1. The highest BCUT2D eigenvalue weighted by molar-refractivity contribution is 5.93. The van der Waals surface area contributed by atoms with Crippen molar-refractivity contribution in [2.45, 2.75) is 31.6 Å². The molecule has 1 amide bonds. The Bertz CT molecular complexity index is 1320. The molecule has 0 bridgehead atoms. The van der Waals surface area contributed by atoms with Crippen LogP contribution in [-0.4, -0.2) is 25.3 Å². The first-order chi connectivity index (χ1) is 14.6. The van der Waals surface area contributed by atoms with Crippen molar-refractivity contribution in [1.29, 1.82) is 5.26 Å². The molecule has 4 aromatic rings. The van der Waals surface area contributed by atoms with Crippen LogP contribution in [0.15, 0.2) is 36.7 Å². The third kappa shape index (κ3) is 2.78. The summed E-state index contributed by atoms with van der Waals surface area (Å²) in [7, 11) is 0. The van der Waals surface area contributed by atoms with E-state index in [1.165, 1.54) is 0 Å². The number of carbonyl (C=O) groups excluding carboxylic acids is 1. The second kappa shape index (κ2) is 6.88. The van der Waals surface area contributed by atoms with Gasteiger partial charge in [-0.1, -0.05) is 12.1 Å². The number of amides is 1. The maximum Gasteiger partial charge on any atom is 0.220 e. The summed E-state index contributed by atoms with van der Waals surface area (Å²) in [5.41, 5.74) is 15.4. The number of nitriles is 1. The van der Waals surface area contributed by atoms with Gasteiger partial charge in [-0.15, -0.1) is 0 Å². The minimum absolute atomic E-state index is 0.0585. The smallest absolute Gasteiger partial charge is 0.220 e. The van der Waals surface area contributed by atoms with Gasteiger partial charge in [0.05, 0.1) is 16.8 Å². The minimum atomic E-state index is -0.220. The summed E-state index contributed by atoms with van der Waals surface area (Å²) < 4.78 is 2.00. The van der Waals surface area contributed by atoms with Crippen molar-refractivity contribution in [2.24, 2.45) is 11.7 Å². The molecule has 3 aromatic heterocycles. The Hall–Kier alpha value is -3.86. The van der Waals surface area contributed by atoms with Gasteiger partial charge in [-0.3, -0.25) is 9.20 Å².